The zero-order chi connectivity index (χ0) is 18.4. The van der Waals surface area contributed by atoms with Gasteiger partial charge in [-0.25, -0.2) is 9.48 Å². The van der Waals surface area contributed by atoms with Gasteiger partial charge in [-0.3, -0.25) is 4.79 Å². The van der Waals surface area contributed by atoms with Crippen LogP contribution in [0.25, 0.3) is 5.69 Å². The molecule has 3 aromatic rings. The molecule has 3 amide bonds. The van der Waals surface area contributed by atoms with Crippen molar-refractivity contribution in [3.8, 4) is 5.69 Å². The first-order valence-corrected chi connectivity index (χ1v) is 8.15. The molecule has 4 N–H and O–H groups in total. The van der Waals surface area contributed by atoms with Crippen LogP contribution in [0.5, 0.6) is 0 Å². The van der Waals surface area contributed by atoms with Crippen LogP contribution in [-0.4, -0.2) is 28.3 Å². The summed E-state index contributed by atoms with van der Waals surface area (Å²) < 4.78 is 1.79. The molecule has 0 saturated heterocycles. The van der Waals surface area contributed by atoms with Crippen LogP contribution in [0, 0.1) is 0 Å². The number of aromatic nitrogens is 2. The maximum absolute atomic E-state index is 12.1. The minimum atomic E-state index is -0.638. The molecule has 132 valence electrons. The van der Waals surface area contributed by atoms with Crippen LogP contribution in [0.4, 0.5) is 10.5 Å². The number of rotatable bonds is 6. The number of carbonyl (C=O) groups is 2. The third kappa shape index (κ3) is 4.47. The van der Waals surface area contributed by atoms with Crippen molar-refractivity contribution in [2.45, 2.75) is 6.42 Å². The van der Waals surface area contributed by atoms with Crippen molar-refractivity contribution in [1.82, 2.24) is 15.1 Å². The summed E-state index contributed by atoms with van der Waals surface area (Å²) in [5.74, 6) is -0.163. The van der Waals surface area contributed by atoms with Crippen molar-refractivity contribution in [2.24, 2.45) is 5.73 Å². The molecule has 0 aliphatic heterocycles. The molecule has 7 nitrogen and oxygen atoms in total. The number of nitrogens with one attached hydrogen (secondary N) is 2. The number of carbonyl (C=O) groups excluding carboxylic acids is 2. The predicted molar refractivity (Wildman–Crippen MR) is 99.2 cm³/mol. The largest absolute Gasteiger partial charge is 0.352 e. The van der Waals surface area contributed by atoms with Crippen LogP contribution in [-0.2, 0) is 6.42 Å². The molecule has 7 heteroatoms. The highest BCUT2D eigenvalue weighted by atomic mass is 16.2. The Balaban J connectivity index is 1.49. The first kappa shape index (κ1) is 17.2. The summed E-state index contributed by atoms with van der Waals surface area (Å²) >= 11 is 0. The molecule has 0 fully saturated rings. The molecule has 0 aliphatic carbocycles. The van der Waals surface area contributed by atoms with E-state index in [0.29, 0.717) is 17.8 Å². The van der Waals surface area contributed by atoms with Crippen molar-refractivity contribution in [3.63, 3.8) is 0 Å². The molecule has 1 heterocycles. The molecular weight excluding hydrogens is 330 g/mol. The number of nitrogens with two attached hydrogens (primary N) is 1. The fourth-order valence-electron chi connectivity index (χ4n) is 2.51. The van der Waals surface area contributed by atoms with Crippen LogP contribution in [0.15, 0.2) is 67.0 Å². The third-order valence-corrected chi connectivity index (χ3v) is 3.82. The van der Waals surface area contributed by atoms with Gasteiger partial charge in [-0.05, 0) is 54.4 Å². The maximum Gasteiger partial charge on any atom is 0.316 e. The quantitative estimate of drug-likeness (QED) is 0.636. The summed E-state index contributed by atoms with van der Waals surface area (Å²) in [6.07, 6.45) is 4.35. The van der Waals surface area contributed by atoms with E-state index in [4.69, 9.17) is 5.73 Å². The molecule has 2 aromatic carbocycles. The first-order chi connectivity index (χ1) is 12.6. The van der Waals surface area contributed by atoms with Crippen LogP contribution < -0.4 is 16.4 Å². The van der Waals surface area contributed by atoms with Crippen molar-refractivity contribution in [3.05, 3.63) is 78.1 Å². The Morgan fingerprint density at radius 1 is 1.04 bits per heavy atom. The normalized spacial score (nSPS) is 10.3. The number of urea groups is 1. The van der Waals surface area contributed by atoms with E-state index in [1.54, 1.807) is 35.1 Å². The summed E-state index contributed by atoms with van der Waals surface area (Å²) in [4.78, 5) is 22.9. The second kappa shape index (κ2) is 7.98. The average molecular weight is 349 g/mol. The van der Waals surface area contributed by atoms with Gasteiger partial charge in [0.2, 0.25) is 0 Å². The molecule has 0 atom stereocenters. The molecule has 26 heavy (non-hydrogen) atoms. The van der Waals surface area contributed by atoms with Gasteiger partial charge in [-0.2, -0.15) is 5.10 Å². The molecule has 0 aliphatic rings. The minimum Gasteiger partial charge on any atom is -0.352 e. The lowest BCUT2D eigenvalue weighted by Gasteiger charge is -2.07. The Bertz CT molecular complexity index is 871. The van der Waals surface area contributed by atoms with Gasteiger partial charge in [0.25, 0.3) is 5.91 Å². The number of hydrogen-bond acceptors (Lipinski definition) is 3. The first-order valence-electron chi connectivity index (χ1n) is 8.15. The van der Waals surface area contributed by atoms with Gasteiger partial charge < -0.3 is 16.4 Å². The van der Waals surface area contributed by atoms with E-state index in [-0.39, 0.29) is 5.91 Å². The van der Waals surface area contributed by atoms with Crippen molar-refractivity contribution >= 4 is 17.6 Å². The zero-order valence-electron chi connectivity index (χ0n) is 14.1. The number of hydrogen-bond donors (Lipinski definition) is 3. The second-order valence-corrected chi connectivity index (χ2v) is 5.69. The van der Waals surface area contributed by atoms with Crippen LogP contribution in [0.2, 0.25) is 0 Å². The van der Waals surface area contributed by atoms with Gasteiger partial charge in [-0.15, -0.1) is 0 Å². The summed E-state index contributed by atoms with van der Waals surface area (Å²) in [6.45, 7) is 0.529. The minimum absolute atomic E-state index is 0.163. The molecule has 0 unspecified atom stereocenters. The van der Waals surface area contributed by atoms with E-state index in [1.807, 2.05) is 36.5 Å². The second-order valence-electron chi connectivity index (χ2n) is 5.69. The van der Waals surface area contributed by atoms with Crippen molar-refractivity contribution < 1.29 is 9.59 Å². The number of nitrogens with zero attached hydrogens (tertiary/aromatic N) is 2. The van der Waals surface area contributed by atoms with Gasteiger partial charge in [0.15, 0.2) is 0 Å². The van der Waals surface area contributed by atoms with E-state index in [0.717, 1.165) is 17.7 Å². The Morgan fingerprint density at radius 2 is 1.77 bits per heavy atom. The van der Waals surface area contributed by atoms with E-state index < -0.39 is 6.03 Å². The van der Waals surface area contributed by atoms with Gasteiger partial charge in [0, 0.05) is 30.2 Å². The summed E-state index contributed by atoms with van der Waals surface area (Å²) in [5, 5.41) is 9.52. The molecule has 0 saturated carbocycles. The average Bonchev–Trinajstić information content (AvgIpc) is 3.17. The highest BCUT2D eigenvalue weighted by Crippen LogP contribution is 2.10. The van der Waals surface area contributed by atoms with E-state index in [1.165, 1.54) is 0 Å². The Morgan fingerprint density at radius 3 is 2.38 bits per heavy atom. The topological polar surface area (TPSA) is 102 Å². The van der Waals surface area contributed by atoms with Crippen LogP contribution >= 0.6 is 0 Å². The predicted octanol–water partition coefficient (Wildman–Crippen LogP) is 2.34. The monoisotopic (exact) mass is 349 g/mol. The van der Waals surface area contributed by atoms with E-state index >= 15 is 0 Å². The number of amides is 3. The number of benzene rings is 2. The maximum atomic E-state index is 12.1. The van der Waals surface area contributed by atoms with Crippen LogP contribution in [0.1, 0.15) is 15.9 Å². The highest BCUT2D eigenvalue weighted by Gasteiger charge is 2.05. The van der Waals surface area contributed by atoms with E-state index in [9.17, 15) is 9.59 Å². The van der Waals surface area contributed by atoms with Crippen molar-refractivity contribution in [2.75, 3.05) is 11.9 Å². The summed E-state index contributed by atoms with van der Waals surface area (Å²) in [5.41, 5.74) is 8.24. The fraction of sp³-hybridized carbons (Fsp3) is 0.105. The standard InChI is InChI=1S/C19H19N5O2/c20-19(26)23-16-6-4-15(5-7-16)18(25)21-12-10-14-2-8-17(9-3-14)24-13-1-11-22-24/h1-9,11,13H,10,12H2,(H,21,25)(H3,20,23,26). The fourth-order valence-corrected chi connectivity index (χ4v) is 2.51. The van der Waals surface area contributed by atoms with Gasteiger partial charge in [-0.1, -0.05) is 12.1 Å². The van der Waals surface area contributed by atoms with Gasteiger partial charge in [0.1, 0.15) is 0 Å². The third-order valence-electron chi connectivity index (χ3n) is 3.82. The molecule has 1 aromatic heterocycles. The smallest absolute Gasteiger partial charge is 0.316 e. The lowest BCUT2D eigenvalue weighted by Crippen LogP contribution is -2.25. The molecule has 0 radical (unpaired) electrons. The summed E-state index contributed by atoms with van der Waals surface area (Å²) in [6, 6.07) is 15.8. The zero-order valence-corrected chi connectivity index (χ0v) is 14.1. The van der Waals surface area contributed by atoms with E-state index in [2.05, 4.69) is 15.7 Å². The highest BCUT2D eigenvalue weighted by molar-refractivity contribution is 5.95. The molecular formula is C19H19N5O2. The van der Waals surface area contributed by atoms with Gasteiger partial charge >= 0.3 is 6.03 Å². The molecule has 0 spiro atoms. The van der Waals surface area contributed by atoms with Crippen LogP contribution in [0.3, 0.4) is 0 Å². The van der Waals surface area contributed by atoms with Gasteiger partial charge in [0.05, 0.1) is 5.69 Å². The number of primary amides is 1. The molecule has 0 bridgehead atoms. The Kier molecular flexibility index (Phi) is 5.28. The van der Waals surface area contributed by atoms with Crippen molar-refractivity contribution in [1.29, 1.82) is 0 Å². The molecule has 3 rings (SSSR count). The lowest BCUT2D eigenvalue weighted by molar-refractivity contribution is 0.0954. The SMILES string of the molecule is NC(=O)Nc1ccc(C(=O)NCCc2ccc(-n3cccn3)cc2)cc1. The lowest BCUT2D eigenvalue weighted by atomic mass is 10.1. The summed E-state index contributed by atoms with van der Waals surface area (Å²) in [7, 11) is 0. The Labute approximate surface area is 150 Å². The Hall–Kier alpha value is -3.61. The number of anilines is 1.